The van der Waals surface area contributed by atoms with Crippen molar-refractivity contribution in [1.29, 1.82) is 0 Å². The van der Waals surface area contributed by atoms with Crippen LogP contribution in [0.2, 0.25) is 0 Å². The number of nitrogens with zero attached hydrogens (tertiary/aromatic N) is 2. The third-order valence-corrected chi connectivity index (χ3v) is 3.67. The van der Waals surface area contributed by atoms with Crippen molar-refractivity contribution in [2.45, 2.75) is 37.5 Å². The summed E-state index contributed by atoms with van der Waals surface area (Å²) in [5, 5.41) is 15.8. The van der Waals surface area contributed by atoms with E-state index in [1.807, 2.05) is 0 Å². The molecule has 6 heteroatoms. The molecule has 0 amide bonds. The number of hydrogen-bond donors (Lipinski definition) is 0. The predicted molar refractivity (Wildman–Crippen MR) is 60.1 cm³/mol. The van der Waals surface area contributed by atoms with Crippen LogP contribution in [0.25, 0.3) is 11.1 Å². The number of carbonyl (C=O) groups excluding carboxylic acids is 1. The fourth-order valence-corrected chi connectivity index (χ4v) is 2.38. The average molecular weight is 282 g/mol. The Morgan fingerprint density at radius 3 is 2.53 bits per heavy atom. The average Bonchev–Trinajstić information content (AvgIpc) is 3.24. The molecule has 2 aliphatic carbocycles. The van der Waals surface area contributed by atoms with Gasteiger partial charge in [-0.05, 0) is 31.7 Å². The number of aromatic nitrogens is 2. The van der Waals surface area contributed by atoms with Crippen LogP contribution in [-0.4, -0.2) is 16.1 Å². The summed E-state index contributed by atoms with van der Waals surface area (Å²) < 4.78 is 5.21. The Morgan fingerprint density at radius 1 is 1.26 bits per heavy atom. The number of carboxylic acid groups (broad SMARTS) is 1. The van der Waals surface area contributed by atoms with Gasteiger partial charge in [0.25, 0.3) is 5.71 Å². The van der Waals surface area contributed by atoms with Gasteiger partial charge in [0.1, 0.15) is 0 Å². The van der Waals surface area contributed by atoms with Crippen molar-refractivity contribution in [1.82, 2.24) is 10.1 Å². The molecule has 5 nitrogen and oxygen atoms in total. The first-order valence-electron chi connectivity index (χ1n) is 6.25. The minimum Gasteiger partial charge on any atom is -0.545 e. The number of rotatable bonds is 3. The molecule has 0 N–H and O–H groups in total. The number of hydrogen-bond acceptors (Lipinski definition) is 5. The predicted octanol–water partition coefficient (Wildman–Crippen LogP) is -1.65. The molecule has 92 valence electrons. The molecule has 4 rings (SSSR count). The van der Waals surface area contributed by atoms with Crippen molar-refractivity contribution in [3.63, 3.8) is 0 Å². The van der Waals surface area contributed by atoms with Crippen molar-refractivity contribution in [3.8, 4) is 0 Å². The first-order valence-corrected chi connectivity index (χ1v) is 6.25. The van der Waals surface area contributed by atoms with Gasteiger partial charge in [-0.15, -0.1) is 0 Å². The Labute approximate surface area is 152 Å². The number of fused-ring (bicyclic) bond motifs is 1. The third kappa shape index (κ3) is 2.40. The number of pyridine rings is 1. The van der Waals surface area contributed by atoms with Crippen LogP contribution in [0.1, 0.15) is 59.3 Å². The molecule has 0 saturated heterocycles. The molecule has 0 aromatic carbocycles. The van der Waals surface area contributed by atoms with Gasteiger partial charge in [0.2, 0.25) is 0 Å². The van der Waals surface area contributed by atoms with Crippen molar-refractivity contribution in [2.75, 3.05) is 0 Å². The van der Waals surface area contributed by atoms with E-state index < -0.39 is 5.97 Å². The molecule has 0 aliphatic heterocycles. The smallest absolute Gasteiger partial charge is 0.545 e. The normalized spacial score (nSPS) is 18.3. The quantitative estimate of drug-likeness (QED) is 0.630. The van der Waals surface area contributed by atoms with Gasteiger partial charge in [-0.3, -0.25) is 0 Å². The number of carbonyl (C=O) groups is 1. The zero-order valence-electron chi connectivity index (χ0n) is 10.7. The van der Waals surface area contributed by atoms with E-state index in [1.54, 1.807) is 6.07 Å². The van der Waals surface area contributed by atoms with Gasteiger partial charge in [-0.1, -0.05) is 5.16 Å². The van der Waals surface area contributed by atoms with Gasteiger partial charge >= 0.3 is 51.4 Å². The number of carboxylic acids is 1. The van der Waals surface area contributed by atoms with E-state index in [0.29, 0.717) is 22.9 Å². The Kier molecular flexibility index (Phi) is 3.55. The van der Waals surface area contributed by atoms with Crippen LogP contribution >= 0.6 is 0 Å². The molecule has 0 atom stereocenters. The second-order valence-electron chi connectivity index (χ2n) is 5.18. The standard InChI is InChI=1S/C13H12N2O3.K/c16-13(17)8-5-9(6-1-2-6)14-12-10(8)11(15-18-12)7-3-4-7;/h5-7H,1-4H2,(H,16,17);/q;+1/p-1. The maximum Gasteiger partial charge on any atom is 1.00 e. The molecule has 2 heterocycles. The van der Waals surface area contributed by atoms with Crippen LogP contribution in [0.4, 0.5) is 0 Å². The topological polar surface area (TPSA) is 79.0 Å². The van der Waals surface area contributed by atoms with E-state index in [0.717, 1.165) is 37.1 Å². The fourth-order valence-electron chi connectivity index (χ4n) is 2.38. The summed E-state index contributed by atoms with van der Waals surface area (Å²) in [4.78, 5) is 15.7. The Hall–Kier alpha value is -0.274. The van der Waals surface area contributed by atoms with E-state index in [1.165, 1.54) is 0 Å². The van der Waals surface area contributed by atoms with E-state index in [4.69, 9.17) is 4.52 Å². The van der Waals surface area contributed by atoms with Gasteiger partial charge in [-0.2, -0.15) is 0 Å². The second-order valence-corrected chi connectivity index (χ2v) is 5.18. The second kappa shape index (κ2) is 4.93. The molecule has 0 radical (unpaired) electrons. The Bertz CT molecular complexity index is 659. The van der Waals surface area contributed by atoms with Crippen molar-refractivity contribution < 1.29 is 65.8 Å². The minimum atomic E-state index is -1.17. The zero-order valence-corrected chi connectivity index (χ0v) is 13.8. The monoisotopic (exact) mass is 282 g/mol. The SMILES string of the molecule is O=C([O-])c1cc(C2CC2)nc2onc(C3CC3)c12.[K+]. The van der Waals surface area contributed by atoms with Crippen molar-refractivity contribution in [3.05, 3.63) is 23.0 Å². The molecular formula is C13H11KN2O3. The van der Waals surface area contributed by atoms with E-state index in [-0.39, 0.29) is 56.9 Å². The molecule has 2 aliphatic rings. The van der Waals surface area contributed by atoms with Crippen LogP contribution in [0.15, 0.2) is 10.6 Å². The number of aromatic carboxylic acids is 1. The third-order valence-electron chi connectivity index (χ3n) is 3.67. The molecule has 2 saturated carbocycles. The van der Waals surface area contributed by atoms with Gasteiger partial charge in [0, 0.05) is 23.1 Å². The largest absolute Gasteiger partial charge is 1.00 e. The summed E-state index contributed by atoms with van der Waals surface area (Å²) in [5.74, 6) is -0.464. The zero-order chi connectivity index (χ0) is 12.3. The van der Waals surface area contributed by atoms with Crippen LogP contribution < -0.4 is 56.5 Å². The molecule has 0 spiro atoms. The van der Waals surface area contributed by atoms with Crippen LogP contribution in [0, 0.1) is 0 Å². The summed E-state index contributed by atoms with van der Waals surface area (Å²) in [6.07, 6.45) is 4.21. The van der Waals surface area contributed by atoms with Crippen LogP contribution in [0.5, 0.6) is 0 Å². The Balaban J connectivity index is 0.00000110. The first kappa shape index (κ1) is 13.7. The van der Waals surface area contributed by atoms with Gasteiger partial charge in [0.05, 0.1) is 17.0 Å². The Morgan fingerprint density at radius 2 is 1.95 bits per heavy atom. The van der Waals surface area contributed by atoms with Crippen LogP contribution in [0.3, 0.4) is 0 Å². The maximum atomic E-state index is 11.3. The molecule has 2 aromatic heterocycles. The minimum absolute atomic E-state index is 0. The molecule has 2 fully saturated rings. The first-order chi connectivity index (χ1) is 8.74. The van der Waals surface area contributed by atoms with Gasteiger partial charge < -0.3 is 14.4 Å². The molecule has 0 unspecified atom stereocenters. The summed E-state index contributed by atoms with van der Waals surface area (Å²) in [6, 6.07) is 1.64. The van der Waals surface area contributed by atoms with E-state index in [2.05, 4.69) is 10.1 Å². The van der Waals surface area contributed by atoms with E-state index >= 15 is 0 Å². The van der Waals surface area contributed by atoms with Crippen molar-refractivity contribution in [2.24, 2.45) is 0 Å². The fraction of sp³-hybridized carbons (Fsp3) is 0.462. The molecule has 0 bridgehead atoms. The van der Waals surface area contributed by atoms with Gasteiger partial charge in [-0.25, -0.2) is 4.98 Å². The molecule has 19 heavy (non-hydrogen) atoms. The summed E-state index contributed by atoms with van der Waals surface area (Å²) in [6.45, 7) is 0. The summed E-state index contributed by atoms with van der Waals surface area (Å²) in [7, 11) is 0. The van der Waals surface area contributed by atoms with E-state index in [9.17, 15) is 9.90 Å². The molecular weight excluding hydrogens is 271 g/mol. The van der Waals surface area contributed by atoms with Crippen LogP contribution in [-0.2, 0) is 0 Å². The summed E-state index contributed by atoms with van der Waals surface area (Å²) >= 11 is 0. The maximum absolute atomic E-state index is 11.3. The summed E-state index contributed by atoms with van der Waals surface area (Å²) in [5.41, 5.74) is 2.06. The van der Waals surface area contributed by atoms with Gasteiger partial charge in [0.15, 0.2) is 0 Å². The van der Waals surface area contributed by atoms with Crippen molar-refractivity contribution >= 4 is 17.1 Å². The molecule has 2 aromatic rings.